The second-order valence-electron chi connectivity index (χ2n) is 11.6. The van der Waals surface area contributed by atoms with E-state index in [2.05, 4.69) is 27.7 Å². The number of aliphatic hydroxyl groups is 1. The van der Waals surface area contributed by atoms with E-state index in [4.69, 9.17) is 4.74 Å². The molecule has 1 saturated heterocycles. The predicted molar refractivity (Wildman–Crippen MR) is 105 cm³/mol. The summed E-state index contributed by atoms with van der Waals surface area (Å²) < 4.78 is 5.99. The summed E-state index contributed by atoms with van der Waals surface area (Å²) in [6.45, 7) is 10.8. The molecule has 4 aliphatic carbocycles. The Labute approximate surface area is 160 Å². The normalized spacial score (nSPS) is 61.0. The van der Waals surface area contributed by atoms with E-state index < -0.39 is 0 Å². The molecule has 0 aromatic rings. The fourth-order valence-corrected chi connectivity index (χ4v) is 9.08. The highest BCUT2D eigenvalue weighted by atomic mass is 16.6. The summed E-state index contributed by atoms with van der Waals surface area (Å²) in [5.41, 5.74) is 0.580. The average molecular weight is 361 g/mol. The van der Waals surface area contributed by atoms with Crippen LogP contribution in [-0.4, -0.2) is 22.9 Å². The third-order valence-electron chi connectivity index (χ3n) is 10.8. The lowest BCUT2D eigenvalue weighted by Gasteiger charge is -2.62. The van der Waals surface area contributed by atoms with Gasteiger partial charge in [-0.25, -0.2) is 0 Å². The van der Waals surface area contributed by atoms with E-state index in [-0.39, 0.29) is 16.6 Å². The number of hydrogen-bond acceptors (Lipinski definition) is 2. The minimum atomic E-state index is -0.388. The molecule has 9 atom stereocenters. The molecular weight excluding hydrogens is 320 g/mol. The third kappa shape index (κ3) is 2.12. The molecule has 5 aliphatic rings. The Hall–Kier alpha value is -0.0800. The molecule has 148 valence electrons. The molecular formula is C24H40O2. The SMILES string of the molecule is CCC[C@]1(O)CC[C@H]2[C@@H]3CC[C@H]4C[C@@]5(CO5)[C@H](C)C[C@]4(C)[C@H]3CC[C@@]21C. The summed E-state index contributed by atoms with van der Waals surface area (Å²) in [5, 5.41) is 11.5. The molecule has 0 radical (unpaired) electrons. The Bertz CT molecular complexity index is 583. The standard InChI is InChI=1S/C24H40O2/c1-5-10-24(25)12-9-20-18-7-6-17-14-23(15-26-23)16(2)13-21(17,3)19(18)8-11-22(20,24)4/h16-20,25H,5-15H2,1-4H3/t16-,17+,18-,19+,20+,21+,22+,23-,24+/m1/s1. The minimum absolute atomic E-state index is 0.175. The molecule has 0 aromatic carbocycles. The number of ether oxygens (including phenoxy) is 1. The molecule has 0 aromatic heterocycles. The Morgan fingerprint density at radius 1 is 1.00 bits per heavy atom. The molecule has 1 N–H and O–H groups in total. The van der Waals surface area contributed by atoms with E-state index in [1.807, 2.05) is 0 Å². The van der Waals surface area contributed by atoms with Gasteiger partial charge in [-0.1, -0.05) is 34.1 Å². The van der Waals surface area contributed by atoms with Gasteiger partial charge in [0.25, 0.3) is 0 Å². The summed E-state index contributed by atoms with van der Waals surface area (Å²) in [6, 6.07) is 0. The lowest BCUT2D eigenvalue weighted by atomic mass is 9.43. The summed E-state index contributed by atoms with van der Waals surface area (Å²) >= 11 is 0. The quantitative estimate of drug-likeness (QED) is 0.652. The first-order valence-corrected chi connectivity index (χ1v) is 11.6. The van der Waals surface area contributed by atoms with Crippen molar-refractivity contribution in [3.05, 3.63) is 0 Å². The van der Waals surface area contributed by atoms with Gasteiger partial charge in [-0.2, -0.15) is 0 Å². The molecule has 1 heterocycles. The van der Waals surface area contributed by atoms with Gasteiger partial charge in [-0.3, -0.25) is 0 Å². The van der Waals surface area contributed by atoms with E-state index in [1.54, 1.807) is 0 Å². The largest absolute Gasteiger partial charge is 0.389 e. The molecule has 0 amide bonds. The first-order valence-electron chi connectivity index (χ1n) is 11.6. The van der Waals surface area contributed by atoms with Crippen LogP contribution >= 0.6 is 0 Å². The minimum Gasteiger partial charge on any atom is -0.389 e. The predicted octanol–water partition coefficient (Wildman–Crippen LogP) is 5.58. The molecule has 2 nitrogen and oxygen atoms in total. The smallest absolute Gasteiger partial charge is 0.0944 e. The van der Waals surface area contributed by atoms with Crippen LogP contribution in [0, 0.1) is 40.4 Å². The highest BCUT2D eigenvalue weighted by Crippen LogP contribution is 2.70. The maximum Gasteiger partial charge on any atom is 0.0944 e. The molecule has 5 rings (SSSR count). The van der Waals surface area contributed by atoms with Gasteiger partial charge in [0.2, 0.25) is 0 Å². The fourth-order valence-electron chi connectivity index (χ4n) is 9.08. The van der Waals surface area contributed by atoms with E-state index >= 15 is 0 Å². The van der Waals surface area contributed by atoms with E-state index in [0.29, 0.717) is 5.41 Å². The highest BCUT2D eigenvalue weighted by Gasteiger charge is 2.67. The van der Waals surface area contributed by atoms with Gasteiger partial charge in [0.1, 0.15) is 0 Å². The van der Waals surface area contributed by atoms with Gasteiger partial charge >= 0.3 is 0 Å². The second kappa shape index (κ2) is 5.50. The first kappa shape index (κ1) is 18.0. The molecule has 2 heteroatoms. The molecule has 1 aliphatic heterocycles. The van der Waals surface area contributed by atoms with Crippen LogP contribution in [0.25, 0.3) is 0 Å². The average Bonchev–Trinajstić information content (AvgIpc) is 3.31. The topological polar surface area (TPSA) is 32.8 Å². The summed E-state index contributed by atoms with van der Waals surface area (Å²) in [7, 11) is 0. The molecule has 0 bridgehead atoms. The molecule has 5 fully saturated rings. The molecule has 26 heavy (non-hydrogen) atoms. The Balaban J connectivity index is 1.43. The van der Waals surface area contributed by atoms with Crippen LogP contribution in [0.2, 0.25) is 0 Å². The number of epoxide rings is 1. The van der Waals surface area contributed by atoms with Crippen molar-refractivity contribution in [3.63, 3.8) is 0 Å². The Morgan fingerprint density at radius 3 is 2.42 bits per heavy atom. The van der Waals surface area contributed by atoms with Gasteiger partial charge in [0.05, 0.1) is 17.8 Å². The third-order valence-corrected chi connectivity index (χ3v) is 10.8. The number of rotatable bonds is 2. The fraction of sp³-hybridized carbons (Fsp3) is 1.00. The maximum absolute atomic E-state index is 11.5. The van der Waals surface area contributed by atoms with E-state index in [9.17, 15) is 5.11 Å². The van der Waals surface area contributed by atoms with Crippen molar-refractivity contribution in [2.45, 2.75) is 103 Å². The number of hydrogen-bond donors (Lipinski definition) is 1. The van der Waals surface area contributed by atoms with Crippen LogP contribution < -0.4 is 0 Å². The van der Waals surface area contributed by atoms with Crippen molar-refractivity contribution in [3.8, 4) is 0 Å². The lowest BCUT2D eigenvalue weighted by Crippen LogP contribution is -2.58. The van der Waals surface area contributed by atoms with Crippen molar-refractivity contribution in [1.82, 2.24) is 0 Å². The zero-order chi connectivity index (χ0) is 18.4. The molecule has 0 unspecified atom stereocenters. The summed E-state index contributed by atoms with van der Waals surface area (Å²) in [4.78, 5) is 0. The zero-order valence-electron chi connectivity index (χ0n) is 17.5. The van der Waals surface area contributed by atoms with Crippen molar-refractivity contribution in [2.24, 2.45) is 40.4 Å². The van der Waals surface area contributed by atoms with E-state index in [1.165, 1.54) is 44.9 Å². The maximum atomic E-state index is 11.5. The van der Waals surface area contributed by atoms with Gasteiger partial charge in [0.15, 0.2) is 0 Å². The number of fused-ring (bicyclic) bond motifs is 5. The Morgan fingerprint density at radius 2 is 1.73 bits per heavy atom. The zero-order valence-corrected chi connectivity index (χ0v) is 17.5. The summed E-state index contributed by atoms with van der Waals surface area (Å²) in [5.74, 6) is 4.13. The van der Waals surface area contributed by atoms with Crippen molar-refractivity contribution in [2.75, 3.05) is 6.61 Å². The van der Waals surface area contributed by atoms with Crippen LogP contribution in [0.1, 0.15) is 91.9 Å². The lowest BCUT2D eigenvalue weighted by molar-refractivity contribution is -0.163. The van der Waals surface area contributed by atoms with Crippen LogP contribution in [0.3, 0.4) is 0 Å². The molecule has 4 saturated carbocycles. The van der Waals surface area contributed by atoms with Crippen molar-refractivity contribution < 1.29 is 9.84 Å². The molecule has 1 spiro atoms. The Kier molecular flexibility index (Phi) is 3.80. The van der Waals surface area contributed by atoms with Crippen molar-refractivity contribution in [1.29, 1.82) is 0 Å². The van der Waals surface area contributed by atoms with Crippen LogP contribution in [0.5, 0.6) is 0 Å². The van der Waals surface area contributed by atoms with Gasteiger partial charge in [-0.15, -0.1) is 0 Å². The summed E-state index contributed by atoms with van der Waals surface area (Å²) in [6.07, 6.45) is 12.6. The second-order valence-corrected chi connectivity index (χ2v) is 11.6. The van der Waals surface area contributed by atoms with Crippen LogP contribution in [0.4, 0.5) is 0 Å². The van der Waals surface area contributed by atoms with Crippen LogP contribution in [0.15, 0.2) is 0 Å². The highest BCUT2D eigenvalue weighted by molar-refractivity contribution is 5.16. The van der Waals surface area contributed by atoms with Crippen molar-refractivity contribution >= 4 is 0 Å². The van der Waals surface area contributed by atoms with E-state index in [0.717, 1.165) is 55.5 Å². The monoisotopic (exact) mass is 360 g/mol. The van der Waals surface area contributed by atoms with Gasteiger partial charge in [-0.05, 0) is 98.2 Å². The van der Waals surface area contributed by atoms with Crippen LogP contribution in [-0.2, 0) is 4.74 Å². The van der Waals surface area contributed by atoms with Gasteiger partial charge < -0.3 is 9.84 Å². The first-order chi connectivity index (χ1) is 12.3. The van der Waals surface area contributed by atoms with Gasteiger partial charge in [0, 0.05) is 0 Å².